The van der Waals surface area contributed by atoms with Crippen molar-refractivity contribution in [3.05, 3.63) is 30.3 Å². The van der Waals surface area contributed by atoms with Crippen molar-refractivity contribution in [2.75, 3.05) is 5.32 Å². The molecule has 1 amide bonds. The summed E-state index contributed by atoms with van der Waals surface area (Å²) in [7, 11) is 0. The molecule has 0 aliphatic heterocycles. The zero-order valence-corrected chi connectivity index (χ0v) is 10.4. The average molecular weight is 245 g/mol. The molecule has 4 heteroatoms. The van der Waals surface area contributed by atoms with Crippen LogP contribution in [0.1, 0.15) is 32.1 Å². The van der Waals surface area contributed by atoms with Crippen LogP contribution in [0.2, 0.25) is 0 Å². The highest BCUT2D eigenvalue weighted by Gasteiger charge is 2.22. The monoisotopic (exact) mass is 245 g/mol. The third kappa shape index (κ3) is 3.09. The number of guanidine groups is 1. The number of hydrogen-bond acceptors (Lipinski definition) is 2. The van der Waals surface area contributed by atoms with E-state index in [0.29, 0.717) is 0 Å². The van der Waals surface area contributed by atoms with Crippen LogP contribution in [0.3, 0.4) is 0 Å². The number of hydrogen-bond donors (Lipinski definition) is 2. The Morgan fingerprint density at radius 3 is 2.50 bits per heavy atom. The predicted octanol–water partition coefficient (Wildman–Crippen LogP) is 2.82. The van der Waals surface area contributed by atoms with Gasteiger partial charge in [0.1, 0.15) is 0 Å². The van der Waals surface area contributed by atoms with Crippen LogP contribution >= 0.6 is 0 Å². The first-order chi connectivity index (χ1) is 8.81. The van der Waals surface area contributed by atoms with E-state index in [2.05, 4.69) is 5.32 Å². The van der Waals surface area contributed by atoms with Gasteiger partial charge in [0, 0.05) is 11.7 Å². The summed E-state index contributed by atoms with van der Waals surface area (Å²) in [6.07, 6.45) is 6.30. The van der Waals surface area contributed by atoms with Gasteiger partial charge in [-0.1, -0.05) is 37.5 Å². The fraction of sp³-hybridized carbons (Fsp3) is 0.429. The first-order valence-corrected chi connectivity index (χ1v) is 6.45. The van der Waals surface area contributed by atoms with Crippen molar-refractivity contribution in [2.45, 2.75) is 38.1 Å². The summed E-state index contributed by atoms with van der Waals surface area (Å²) in [6, 6.07) is 9.69. The molecule has 2 N–H and O–H groups in total. The van der Waals surface area contributed by atoms with Crippen molar-refractivity contribution in [3.8, 4) is 0 Å². The van der Waals surface area contributed by atoms with E-state index in [9.17, 15) is 4.79 Å². The fourth-order valence-electron chi connectivity index (χ4n) is 2.40. The second-order valence-corrected chi connectivity index (χ2v) is 4.64. The third-order valence-corrected chi connectivity index (χ3v) is 3.38. The van der Waals surface area contributed by atoms with Gasteiger partial charge in [0.25, 0.3) is 0 Å². The lowest BCUT2D eigenvalue weighted by molar-refractivity contribution is -0.116. The number of para-hydroxylation sites is 1. The van der Waals surface area contributed by atoms with Crippen LogP contribution in [-0.2, 0) is 4.79 Å². The number of nitrogens with one attached hydrogen (secondary N) is 2. The molecule has 1 saturated carbocycles. The Bertz CT molecular complexity index is 399. The van der Waals surface area contributed by atoms with E-state index in [1.807, 2.05) is 30.3 Å². The van der Waals surface area contributed by atoms with Gasteiger partial charge in [-0.3, -0.25) is 15.1 Å². The molecular weight excluding hydrogens is 226 g/mol. The second kappa shape index (κ2) is 6.19. The number of amides is 1. The number of benzene rings is 1. The molecule has 0 saturated heterocycles. The lowest BCUT2D eigenvalue weighted by atomic mass is 9.95. The highest BCUT2D eigenvalue weighted by Crippen LogP contribution is 2.22. The van der Waals surface area contributed by atoms with Crippen LogP contribution in [0, 0.1) is 5.41 Å². The standard InChI is InChI=1S/C14H19N3O/c15-14(16-12-7-3-1-4-8-12)17(11-18)13-9-5-2-6-10-13/h1,3-4,7-8,11,13H,2,5-6,9-10H2,(H2,15,16). The maximum Gasteiger partial charge on any atom is 0.216 e. The first-order valence-electron chi connectivity index (χ1n) is 6.45. The molecule has 96 valence electrons. The molecule has 0 bridgehead atoms. The Hall–Kier alpha value is -1.84. The number of nitrogens with zero attached hydrogens (tertiary/aromatic N) is 1. The SMILES string of the molecule is N=C(Nc1ccccc1)N(C=O)C1CCCCC1. The van der Waals surface area contributed by atoms with Crippen LogP contribution in [0.4, 0.5) is 5.69 Å². The van der Waals surface area contributed by atoms with Crippen LogP contribution in [0.25, 0.3) is 0 Å². The number of anilines is 1. The summed E-state index contributed by atoms with van der Waals surface area (Å²) >= 11 is 0. The zero-order valence-electron chi connectivity index (χ0n) is 10.4. The van der Waals surface area contributed by atoms with Gasteiger partial charge in [-0.05, 0) is 25.0 Å². The highest BCUT2D eigenvalue weighted by atomic mass is 16.1. The van der Waals surface area contributed by atoms with Crippen molar-refractivity contribution in [2.24, 2.45) is 0 Å². The Morgan fingerprint density at radius 1 is 1.22 bits per heavy atom. The molecule has 1 aliphatic rings. The lowest BCUT2D eigenvalue weighted by Crippen LogP contribution is -2.43. The summed E-state index contributed by atoms with van der Waals surface area (Å²) in [4.78, 5) is 12.7. The van der Waals surface area contributed by atoms with E-state index in [1.165, 1.54) is 11.3 Å². The minimum atomic E-state index is 0.170. The van der Waals surface area contributed by atoms with Gasteiger partial charge in [0.15, 0.2) is 0 Å². The van der Waals surface area contributed by atoms with Crippen LogP contribution in [0.5, 0.6) is 0 Å². The molecule has 2 rings (SSSR count). The van der Waals surface area contributed by atoms with Gasteiger partial charge in [-0.2, -0.15) is 0 Å². The molecule has 18 heavy (non-hydrogen) atoms. The smallest absolute Gasteiger partial charge is 0.216 e. The van der Waals surface area contributed by atoms with Crippen LogP contribution in [-0.4, -0.2) is 23.3 Å². The predicted molar refractivity (Wildman–Crippen MR) is 72.6 cm³/mol. The zero-order chi connectivity index (χ0) is 12.8. The molecule has 0 atom stereocenters. The summed E-state index contributed by atoms with van der Waals surface area (Å²) in [5, 5.41) is 11.0. The van der Waals surface area contributed by atoms with Gasteiger partial charge in [0.2, 0.25) is 12.4 Å². The van der Waals surface area contributed by atoms with Crippen molar-refractivity contribution in [1.29, 1.82) is 5.41 Å². The number of rotatable bonds is 3. The molecule has 1 aromatic carbocycles. The first kappa shape index (κ1) is 12.6. The molecule has 1 aliphatic carbocycles. The molecule has 1 aromatic rings. The number of carbonyl (C=O) groups is 1. The van der Waals surface area contributed by atoms with Crippen molar-refractivity contribution >= 4 is 18.1 Å². The van der Waals surface area contributed by atoms with E-state index in [4.69, 9.17) is 5.41 Å². The minimum absolute atomic E-state index is 0.170. The maximum absolute atomic E-state index is 11.2. The average Bonchev–Trinajstić information content (AvgIpc) is 2.42. The molecule has 4 nitrogen and oxygen atoms in total. The Balaban J connectivity index is 1.99. The van der Waals surface area contributed by atoms with Gasteiger partial charge in [-0.25, -0.2) is 0 Å². The van der Waals surface area contributed by atoms with Crippen molar-refractivity contribution in [1.82, 2.24) is 4.90 Å². The van der Waals surface area contributed by atoms with E-state index >= 15 is 0 Å². The van der Waals surface area contributed by atoms with E-state index in [1.54, 1.807) is 0 Å². The van der Waals surface area contributed by atoms with Gasteiger partial charge in [-0.15, -0.1) is 0 Å². The van der Waals surface area contributed by atoms with Gasteiger partial charge < -0.3 is 5.32 Å². The molecule has 0 radical (unpaired) electrons. The summed E-state index contributed by atoms with van der Waals surface area (Å²) in [6.45, 7) is 0. The van der Waals surface area contributed by atoms with Crippen molar-refractivity contribution in [3.63, 3.8) is 0 Å². The Labute approximate surface area is 108 Å². The van der Waals surface area contributed by atoms with Crippen LogP contribution < -0.4 is 5.32 Å². The second-order valence-electron chi connectivity index (χ2n) is 4.64. The summed E-state index contributed by atoms with van der Waals surface area (Å²) in [5.74, 6) is 0.170. The minimum Gasteiger partial charge on any atom is -0.326 e. The van der Waals surface area contributed by atoms with Crippen molar-refractivity contribution < 1.29 is 4.79 Å². The fourth-order valence-corrected chi connectivity index (χ4v) is 2.40. The Kier molecular flexibility index (Phi) is 4.34. The Morgan fingerprint density at radius 2 is 1.89 bits per heavy atom. The van der Waals surface area contributed by atoms with E-state index in [-0.39, 0.29) is 12.0 Å². The molecule has 1 fully saturated rings. The maximum atomic E-state index is 11.2. The molecule has 0 unspecified atom stereocenters. The lowest BCUT2D eigenvalue weighted by Gasteiger charge is -2.31. The quantitative estimate of drug-likeness (QED) is 0.489. The van der Waals surface area contributed by atoms with E-state index < -0.39 is 0 Å². The van der Waals surface area contributed by atoms with E-state index in [0.717, 1.165) is 37.8 Å². The highest BCUT2D eigenvalue weighted by molar-refractivity contribution is 5.97. The normalized spacial score (nSPS) is 16.0. The largest absolute Gasteiger partial charge is 0.326 e. The molecule has 0 aromatic heterocycles. The third-order valence-electron chi connectivity index (χ3n) is 3.38. The molecular formula is C14H19N3O. The van der Waals surface area contributed by atoms with Crippen LogP contribution in [0.15, 0.2) is 30.3 Å². The van der Waals surface area contributed by atoms with Gasteiger partial charge in [0.05, 0.1) is 0 Å². The summed E-state index contributed by atoms with van der Waals surface area (Å²) < 4.78 is 0. The summed E-state index contributed by atoms with van der Waals surface area (Å²) in [5.41, 5.74) is 0.838. The number of carbonyl (C=O) groups excluding carboxylic acids is 1. The topological polar surface area (TPSA) is 56.2 Å². The molecule has 0 heterocycles. The van der Waals surface area contributed by atoms with Gasteiger partial charge >= 0.3 is 0 Å². The molecule has 0 spiro atoms.